The van der Waals surface area contributed by atoms with Gasteiger partial charge in [0.1, 0.15) is 23.7 Å². The van der Waals surface area contributed by atoms with Gasteiger partial charge < -0.3 is 35.1 Å². The molecule has 3 aliphatic heterocycles. The molecule has 84 heavy (non-hydrogen) atoms. The summed E-state index contributed by atoms with van der Waals surface area (Å²) in [6, 6.07) is 2.06. The Labute approximate surface area is 475 Å². The lowest BCUT2D eigenvalue weighted by Crippen LogP contribution is -2.63. The molecule has 0 radical (unpaired) electrons. The Morgan fingerprint density at radius 3 is 1.81 bits per heavy atom. The Kier molecular flexibility index (Phi) is 20.2. The molecular weight excluding hydrogens is 1160 g/mol. The third kappa shape index (κ3) is 15.2. The molecule has 2 aromatic carbocycles. The second kappa shape index (κ2) is 26.4. The van der Waals surface area contributed by atoms with Crippen LogP contribution in [-0.4, -0.2) is 160 Å². The Bertz CT molecular complexity index is 3050. The smallest absolute Gasteiger partial charge is 0.453 e. The van der Waals surface area contributed by atoms with E-state index in [-0.39, 0.29) is 15.9 Å². The first-order chi connectivity index (χ1) is 39.4. The van der Waals surface area contributed by atoms with Gasteiger partial charge in [-0.3, -0.25) is 19.9 Å². The number of nitrogens with one attached hydrogen (secondary N) is 4. The SMILES string of the molecule is COC(=O)N[C@H](C(=O)N[C@@H](Cc1ccc(C#Cc2cnc(N3CC4CCC(C3)N4C3COC3)nc2)cc1)[C@H](CN(Cc1c(F)cc(-c2ccn(C(F)F)n2)cc1F)NC(=O)[C@@H](NC(=O)OC)C(C)(C)C(F)(F)F)O[P+](=O)O)C(C)(C)C(F)(F)F. The summed E-state index contributed by atoms with van der Waals surface area (Å²) >= 11 is 0. The number of halogens is 10. The van der Waals surface area contributed by atoms with E-state index in [2.05, 4.69) is 51.5 Å². The first-order valence-corrected chi connectivity index (χ1v) is 26.9. The van der Waals surface area contributed by atoms with Crippen LogP contribution >= 0.6 is 8.25 Å². The molecule has 2 aromatic heterocycles. The molecule has 3 aliphatic rings. The first-order valence-electron chi connectivity index (χ1n) is 25.8. The minimum Gasteiger partial charge on any atom is -0.453 e. The Morgan fingerprint density at radius 2 is 1.33 bits per heavy atom. The van der Waals surface area contributed by atoms with Crippen molar-refractivity contribution in [3.05, 3.63) is 94.9 Å². The van der Waals surface area contributed by atoms with Gasteiger partial charge in [-0.1, -0.05) is 24.0 Å². The number of carbonyl (C=O) groups excluding carboxylic acids is 4. The number of ether oxygens (including phenoxy) is 3. The number of anilines is 1. The molecule has 0 spiro atoms. The van der Waals surface area contributed by atoms with Crippen molar-refractivity contribution >= 4 is 38.2 Å². The quantitative estimate of drug-likeness (QED) is 0.0253. The van der Waals surface area contributed by atoms with Crippen molar-refractivity contribution in [2.24, 2.45) is 10.8 Å². The number of piperazine rings is 1. The summed E-state index contributed by atoms with van der Waals surface area (Å²) in [7, 11) is -2.34. The average molecular weight is 1220 g/mol. The summed E-state index contributed by atoms with van der Waals surface area (Å²) in [6.07, 6.45) is -10.3. The fourth-order valence-electron chi connectivity index (χ4n) is 9.76. The van der Waals surface area contributed by atoms with Crippen molar-refractivity contribution in [2.75, 3.05) is 52.0 Å². The van der Waals surface area contributed by atoms with Gasteiger partial charge >= 0.3 is 39.3 Å². The van der Waals surface area contributed by atoms with E-state index in [1.165, 1.54) is 24.3 Å². The summed E-state index contributed by atoms with van der Waals surface area (Å²) in [6.45, 7) is -0.573. The molecule has 5 N–H and O–H groups in total. The maximum atomic E-state index is 16.2. The van der Waals surface area contributed by atoms with Crippen LogP contribution < -0.4 is 26.3 Å². The van der Waals surface area contributed by atoms with Crippen molar-refractivity contribution in [3.8, 4) is 23.1 Å². The number of amides is 4. The maximum absolute atomic E-state index is 16.2. The highest BCUT2D eigenvalue weighted by atomic mass is 31.1. The summed E-state index contributed by atoms with van der Waals surface area (Å²) in [4.78, 5) is 77.5. The topological polar surface area (TPSA) is 244 Å². The molecule has 0 saturated carbocycles. The number of nitrogens with zero attached hydrogens (tertiary/aromatic N) is 7. The van der Waals surface area contributed by atoms with E-state index in [9.17, 15) is 63.8 Å². The molecule has 32 heteroatoms. The molecule has 21 nitrogen and oxygen atoms in total. The predicted octanol–water partition coefficient (Wildman–Crippen LogP) is 6.69. The van der Waals surface area contributed by atoms with Gasteiger partial charge in [-0.05, 0) is 82.9 Å². The monoisotopic (exact) mass is 1220 g/mol. The maximum Gasteiger partial charge on any atom is 0.695 e. The lowest BCUT2D eigenvalue weighted by atomic mass is 9.82. The average Bonchev–Trinajstić information content (AvgIpc) is 2.35. The number of carbonyl (C=O) groups is 4. The fourth-order valence-corrected chi connectivity index (χ4v) is 10.2. The summed E-state index contributed by atoms with van der Waals surface area (Å²) in [5.74, 6) is 0.0855. The van der Waals surface area contributed by atoms with Gasteiger partial charge in [0.25, 0.3) is 5.91 Å². The molecular formula is C52H59F10N11O10P+. The van der Waals surface area contributed by atoms with Crippen LogP contribution in [0.4, 0.5) is 59.4 Å². The number of hydrogen-bond acceptors (Lipinski definition) is 15. The van der Waals surface area contributed by atoms with Crippen LogP contribution in [0.15, 0.2) is 61.1 Å². The van der Waals surface area contributed by atoms with Crippen molar-refractivity contribution in [1.82, 2.24) is 51.0 Å². The number of fused-ring (bicyclic) bond motifs is 2. The van der Waals surface area contributed by atoms with Crippen LogP contribution in [0.5, 0.6) is 0 Å². The summed E-state index contributed by atoms with van der Waals surface area (Å²) in [5.41, 5.74) is -5.06. The molecule has 2 bridgehead atoms. The van der Waals surface area contributed by atoms with Gasteiger partial charge in [0.05, 0.1) is 68.1 Å². The van der Waals surface area contributed by atoms with Gasteiger partial charge in [-0.2, -0.15) is 40.2 Å². The number of hydrogen-bond donors (Lipinski definition) is 5. The van der Waals surface area contributed by atoms with Crippen LogP contribution in [0.1, 0.15) is 69.3 Å². The molecule has 3 saturated heterocycles. The van der Waals surface area contributed by atoms with Crippen molar-refractivity contribution in [3.63, 3.8) is 0 Å². The standard InChI is InChI=1S/C52H58F10N11O10P/c1-49(2,51(57,58)59)41(66-47(76)80-5)43(74)65-39(17-29-10-7-28(8-11-29)9-12-30-20-63-46(64-21-30)70-22-32-13-14-33(23-70)73(32)34-26-82-27-34)40(83-84(78)79)25-71(69-44(75)42(67-48(77)81-6)50(3,4)52(60,61)62)24-35-36(53)18-31(19-37(35)54)38-15-16-72(68-38)45(55)56/h7-8,10-11,15-16,18-21,32-34,39-42,45H,13-14,17,22-27H2,1-6H3,(H4-,65,66,67,69,74,75,76,77,78,79)/p+1/t32?,33?,39-,40-,41+,42+/m0/s1. The van der Waals surface area contributed by atoms with Gasteiger partial charge in [0.15, 0.2) is 6.10 Å². The third-order valence-corrected chi connectivity index (χ3v) is 15.3. The van der Waals surface area contributed by atoms with Gasteiger partial charge in [-0.25, -0.2) is 38.0 Å². The Morgan fingerprint density at radius 1 is 0.798 bits per heavy atom. The number of alkyl carbamates (subject to hydrolysis) is 2. The van der Waals surface area contributed by atoms with Gasteiger partial charge in [0.2, 0.25) is 11.9 Å². The molecule has 7 atom stereocenters. The minimum atomic E-state index is -5.29. The highest BCUT2D eigenvalue weighted by Gasteiger charge is 2.58. The summed E-state index contributed by atoms with van der Waals surface area (Å²) < 4.78 is 180. The van der Waals surface area contributed by atoms with Crippen LogP contribution in [0, 0.1) is 34.3 Å². The fraction of sp³-hybridized carbons (Fsp3) is 0.519. The third-order valence-electron chi connectivity index (χ3n) is 14.9. The molecule has 456 valence electrons. The van der Waals surface area contributed by atoms with Crippen LogP contribution in [-0.2, 0) is 45.9 Å². The zero-order chi connectivity index (χ0) is 61.6. The van der Waals surface area contributed by atoms with Crippen LogP contribution in [0.25, 0.3) is 11.3 Å². The molecule has 7 rings (SSSR count). The van der Waals surface area contributed by atoms with E-state index in [0.29, 0.717) is 80.0 Å². The van der Waals surface area contributed by atoms with E-state index in [0.717, 1.165) is 65.6 Å². The minimum absolute atomic E-state index is 0.174. The molecule has 3 unspecified atom stereocenters. The number of methoxy groups -OCH3 is 2. The molecule has 4 amide bonds. The molecule has 5 heterocycles. The largest absolute Gasteiger partial charge is 0.695 e. The number of hydrazine groups is 1. The highest BCUT2D eigenvalue weighted by molar-refractivity contribution is 7.32. The van der Waals surface area contributed by atoms with E-state index < -0.39 is 128 Å². The molecule has 0 aliphatic carbocycles. The van der Waals surface area contributed by atoms with Gasteiger partial charge in [0, 0.05) is 71.6 Å². The Hall–Kier alpha value is -7.23. The normalized spacial score (nSPS) is 18.4. The number of aromatic nitrogens is 4. The Balaban J connectivity index is 1.23. The number of rotatable bonds is 21. The lowest BCUT2D eigenvalue weighted by Gasteiger charge is -2.47. The second-order valence-electron chi connectivity index (χ2n) is 21.2. The van der Waals surface area contributed by atoms with E-state index in [1.54, 1.807) is 17.7 Å². The highest BCUT2D eigenvalue weighted by Crippen LogP contribution is 2.42. The van der Waals surface area contributed by atoms with Gasteiger partial charge in [-0.15, -0.1) is 9.42 Å². The zero-order valence-corrected chi connectivity index (χ0v) is 46.6. The van der Waals surface area contributed by atoms with Crippen molar-refractivity contribution < 1.29 is 91.3 Å². The molecule has 3 fully saturated rings. The summed E-state index contributed by atoms with van der Waals surface area (Å²) in [5, 5.41) is 9.86. The predicted molar refractivity (Wildman–Crippen MR) is 276 cm³/mol. The van der Waals surface area contributed by atoms with Crippen LogP contribution in [0.3, 0.4) is 0 Å². The van der Waals surface area contributed by atoms with E-state index in [4.69, 9.17) is 9.26 Å². The van der Waals surface area contributed by atoms with Crippen molar-refractivity contribution in [1.29, 1.82) is 0 Å². The molecule has 4 aromatic rings. The van der Waals surface area contributed by atoms with E-state index >= 15 is 8.78 Å². The number of alkyl halides is 8. The number of benzene rings is 2. The zero-order valence-electron chi connectivity index (χ0n) is 45.7. The van der Waals surface area contributed by atoms with Crippen molar-refractivity contribution in [2.45, 2.75) is 115 Å². The lowest BCUT2D eigenvalue weighted by molar-refractivity contribution is -0.221. The van der Waals surface area contributed by atoms with E-state index in [1.807, 2.05) is 10.7 Å². The van der Waals surface area contributed by atoms with Crippen LogP contribution in [0.2, 0.25) is 0 Å². The second-order valence-corrected chi connectivity index (χ2v) is 21.8. The first kappa shape index (κ1) is 64.3.